The largest absolute Gasteiger partial charge is 0.464 e. The molecule has 3 heterocycles. The fourth-order valence-corrected chi connectivity index (χ4v) is 2.25. The Kier molecular flexibility index (Phi) is 3.15. The number of methoxy groups -OCH3 is 1. The molecule has 0 saturated carbocycles. The number of ether oxygens (including phenoxy) is 1. The summed E-state index contributed by atoms with van der Waals surface area (Å²) in [6.45, 7) is 3.18. The molecule has 0 amide bonds. The highest BCUT2D eigenvalue weighted by Gasteiger charge is 2.24. The number of fused-ring (bicyclic) bond motifs is 1. The Bertz CT molecular complexity index is 685. The van der Waals surface area contributed by atoms with Gasteiger partial charge in [0.2, 0.25) is 0 Å². The first-order valence-corrected chi connectivity index (χ1v) is 6.30. The number of carbonyl (C=O) groups excluding carboxylic acids is 1. The Balaban J connectivity index is 2.19. The molecule has 0 aromatic carbocycles. The third-order valence-corrected chi connectivity index (χ3v) is 3.35. The van der Waals surface area contributed by atoms with E-state index in [2.05, 4.69) is 20.3 Å². The van der Waals surface area contributed by atoms with E-state index in [4.69, 9.17) is 4.74 Å². The van der Waals surface area contributed by atoms with Crippen LogP contribution in [0.5, 0.6) is 0 Å². The van der Waals surface area contributed by atoms with Gasteiger partial charge in [0.05, 0.1) is 12.8 Å². The molecule has 0 saturated heterocycles. The summed E-state index contributed by atoms with van der Waals surface area (Å²) in [6, 6.07) is 1.89. The highest BCUT2D eigenvalue weighted by molar-refractivity contribution is 5.89. The molecule has 1 aliphatic rings. The molecule has 3 rings (SSSR count). The first kappa shape index (κ1) is 12.7. The Morgan fingerprint density at radius 2 is 2.20 bits per heavy atom. The Labute approximate surface area is 116 Å². The van der Waals surface area contributed by atoms with Gasteiger partial charge in [-0.05, 0) is 18.6 Å². The molecule has 0 radical (unpaired) electrons. The second-order valence-electron chi connectivity index (χ2n) is 4.61. The number of nitrogens with one attached hydrogen (secondary N) is 1. The van der Waals surface area contributed by atoms with Crippen molar-refractivity contribution in [1.82, 2.24) is 20.3 Å². The first-order valence-electron chi connectivity index (χ1n) is 6.30. The Hall–Kier alpha value is -2.34. The third kappa shape index (κ3) is 2.04. The lowest BCUT2D eigenvalue weighted by Gasteiger charge is -2.09. The number of hydrogen-bond acceptors (Lipinski definition) is 6. The predicted molar refractivity (Wildman–Crippen MR) is 71.9 cm³/mol. The van der Waals surface area contributed by atoms with E-state index < -0.39 is 5.97 Å². The minimum atomic E-state index is -0.435. The van der Waals surface area contributed by atoms with Crippen LogP contribution >= 0.6 is 0 Å². The number of hydrogen-bond donors (Lipinski definition) is 1. The van der Waals surface area contributed by atoms with Gasteiger partial charge in [0.25, 0.3) is 0 Å². The van der Waals surface area contributed by atoms with Crippen LogP contribution in [0.1, 0.15) is 27.3 Å². The average molecular weight is 270 g/mol. The number of nitrogens with zero attached hydrogens (tertiary/aromatic N) is 3. The zero-order chi connectivity index (χ0) is 14.1. The van der Waals surface area contributed by atoms with E-state index in [1.165, 1.54) is 7.11 Å². The summed E-state index contributed by atoms with van der Waals surface area (Å²) in [7, 11) is 1.36. The molecule has 6 nitrogen and oxygen atoms in total. The summed E-state index contributed by atoms with van der Waals surface area (Å²) in [5.41, 5.74) is 3.84. The van der Waals surface area contributed by atoms with E-state index in [1.54, 1.807) is 12.4 Å². The number of esters is 1. The molecule has 6 heteroatoms. The maximum atomic E-state index is 11.9. The predicted octanol–water partition coefficient (Wildman–Crippen LogP) is 1.24. The van der Waals surface area contributed by atoms with Crippen molar-refractivity contribution in [2.24, 2.45) is 0 Å². The summed E-state index contributed by atoms with van der Waals surface area (Å²) in [5.74, 6) is 0.0774. The zero-order valence-electron chi connectivity index (χ0n) is 11.3. The van der Waals surface area contributed by atoms with Crippen molar-refractivity contribution < 1.29 is 9.53 Å². The quantitative estimate of drug-likeness (QED) is 0.827. The van der Waals surface area contributed by atoms with E-state index in [1.807, 2.05) is 13.0 Å². The van der Waals surface area contributed by atoms with Crippen molar-refractivity contribution in [2.45, 2.75) is 20.0 Å². The number of aromatic nitrogens is 3. The van der Waals surface area contributed by atoms with E-state index in [0.717, 1.165) is 22.4 Å². The summed E-state index contributed by atoms with van der Waals surface area (Å²) in [4.78, 5) is 24.9. The van der Waals surface area contributed by atoms with Gasteiger partial charge in [-0.25, -0.2) is 14.8 Å². The maximum absolute atomic E-state index is 11.9. The van der Waals surface area contributed by atoms with E-state index in [0.29, 0.717) is 24.6 Å². The molecular formula is C14H14N4O2. The molecule has 1 N–H and O–H groups in total. The number of rotatable bonds is 2. The molecule has 1 aliphatic heterocycles. The van der Waals surface area contributed by atoms with Gasteiger partial charge >= 0.3 is 5.97 Å². The monoisotopic (exact) mass is 270 g/mol. The molecule has 20 heavy (non-hydrogen) atoms. The van der Waals surface area contributed by atoms with E-state index in [-0.39, 0.29) is 0 Å². The van der Waals surface area contributed by atoms with E-state index in [9.17, 15) is 4.79 Å². The van der Waals surface area contributed by atoms with Crippen LogP contribution in [0.3, 0.4) is 0 Å². The number of pyridine rings is 1. The van der Waals surface area contributed by atoms with Gasteiger partial charge < -0.3 is 10.1 Å². The van der Waals surface area contributed by atoms with Crippen LogP contribution in [-0.4, -0.2) is 28.0 Å². The molecule has 2 aromatic rings. The van der Waals surface area contributed by atoms with Crippen molar-refractivity contribution in [3.8, 4) is 11.4 Å². The molecule has 0 spiro atoms. The minimum Gasteiger partial charge on any atom is -0.464 e. The minimum absolute atomic E-state index is 0.334. The van der Waals surface area contributed by atoms with Crippen LogP contribution in [0.25, 0.3) is 11.4 Å². The van der Waals surface area contributed by atoms with Gasteiger partial charge in [-0.2, -0.15) is 0 Å². The van der Waals surface area contributed by atoms with Crippen molar-refractivity contribution in [3.05, 3.63) is 41.0 Å². The van der Waals surface area contributed by atoms with Gasteiger partial charge in [-0.1, -0.05) is 0 Å². The molecule has 0 atom stereocenters. The van der Waals surface area contributed by atoms with Gasteiger partial charge in [-0.15, -0.1) is 0 Å². The van der Waals surface area contributed by atoms with Gasteiger partial charge in [0.1, 0.15) is 0 Å². The van der Waals surface area contributed by atoms with Crippen LogP contribution in [0, 0.1) is 6.92 Å². The highest BCUT2D eigenvalue weighted by Crippen LogP contribution is 2.24. The average Bonchev–Trinajstić information content (AvgIpc) is 2.94. The summed E-state index contributed by atoms with van der Waals surface area (Å²) < 4.78 is 4.81. The molecule has 102 valence electrons. The SMILES string of the molecule is COC(=O)c1nc(-c2cnccc2C)nc2c1CNC2. The Morgan fingerprint density at radius 1 is 1.35 bits per heavy atom. The van der Waals surface area contributed by atoms with Crippen LogP contribution in [0.2, 0.25) is 0 Å². The molecule has 0 unspecified atom stereocenters. The van der Waals surface area contributed by atoms with Gasteiger partial charge in [-0.3, -0.25) is 4.98 Å². The van der Waals surface area contributed by atoms with Crippen molar-refractivity contribution in [2.75, 3.05) is 7.11 Å². The normalized spacial score (nSPS) is 13.1. The van der Waals surface area contributed by atoms with Crippen LogP contribution in [0.4, 0.5) is 0 Å². The van der Waals surface area contributed by atoms with Crippen molar-refractivity contribution >= 4 is 5.97 Å². The van der Waals surface area contributed by atoms with Crippen molar-refractivity contribution in [3.63, 3.8) is 0 Å². The lowest BCUT2D eigenvalue weighted by atomic mass is 10.1. The van der Waals surface area contributed by atoms with Crippen molar-refractivity contribution in [1.29, 1.82) is 0 Å². The van der Waals surface area contributed by atoms with E-state index >= 15 is 0 Å². The molecule has 0 aliphatic carbocycles. The Morgan fingerprint density at radius 3 is 2.95 bits per heavy atom. The lowest BCUT2D eigenvalue weighted by molar-refractivity contribution is 0.0592. The molecule has 0 bridgehead atoms. The summed E-state index contributed by atoms with van der Waals surface area (Å²) >= 11 is 0. The number of aryl methyl sites for hydroxylation is 1. The van der Waals surface area contributed by atoms with Gasteiger partial charge in [0, 0.05) is 36.6 Å². The fourth-order valence-electron chi connectivity index (χ4n) is 2.25. The summed E-state index contributed by atoms with van der Waals surface area (Å²) in [6.07, 6.45) is 3.43. The number of carbonyl (C=O) groups is 1. The first-order chi connectivity index (χ1) is 9.70. The van der Waals surface area contributed by atoms with Crippen LogP contribution < -0.4 is 5.32 Å². The van der Waals surface area contributed by atoms with Gasteiger partial charge in [0.15, 0.2) is 11.5 Å². The molecule has 0 fully saturated rings. The van der Waals surface area contributed by atoms with Crippen LogP contribution in [0.15, 0.2) is 18.5 Å². The highest BCUT2D eigenvalue weighted by atomic mass is 16.5. The fraction of sp³-hybridized carbons (Fsp3) is 0.286. The standard InChI is InChI=1S/C14H14N4O2/c1-8-3-4-15-5-9(8)13-17-11-7-16-6-10(11)12(18-13)14(19)20-2/h3-5,16H,6-7H2,1-2H3. The smallest absolute Gasteiger partial charge is 0.357 e. The zero-order valence-corrected chi connectivity index (χ0v) is 11.3. The third-order valence-electron chi connectivity index (χ3n) is 3.35. The van der Waals surface area contributed by atoms with Crippen LogP contribution in [-0.2, 0) is 17.8 Å². The second kappa shape index (κ2) is 4.97. The lowest BCUT2D eigenvalue weighted by Crippen LogP contribution is -2.12. The molecular weight excluding hydrogens is 256 g/mol. The second-order valence-corrected chi connectivity index (χ2v) is 4.61. The topological polar surface area (TPSA) is 77.0 Å². The molecule has 2 aromatic heterocycles. The maximum Gasteiger partial charge on any atom is 0.357 e. The summed E-state index contributed by atoms with van der Waals surface area (Å²) in [5, 5.41) is 3.17.